The number of hydrogen-bond donors (Lipinski definition) is 1. The first-order chi connectivity index (χ1) is 16.1. The first-order valence-corrected chi connectivity index (χ1v) is 11.1. The fourth-order valence-corrected chi connectivity index (χ4v) is 4.77. The lowest BCUT2D eigenvalue weighted by Crippen LogP contribution is -2.22. The second kappa shape index (κ2) is 8.91. The third-order valence-corrected chi connectivity index (χ3v) is 6.43. The third kappa shape index (κ3) is 4.24. The molecular formula is C29H24O4. The first kappa shape index (κ1) is 21.0. The second-order valence-corrected chi connectivity index (χ2v) is 8.54. The van der Waals surface area contributed by atoms with Crippen LogP contribution in [-0.4, -0.2) is 23.7 Å². The van der Waals surface area contributed by atoms with Crippen LogP contribution in [0.1, 0.15) is 29.0 Å². The molecule has 5 rings (SSSR count). The van der Waals surface area contributed by atoms with Gasteiger partial charge in [0.25, 0.3) is 0 Å². The SMILES string of the molecule is O=C(C[C@@H](Cc1ccc2ccccc2c1)C(=O)O)OCC1c2ccccc2-c2ccccc21. The van der Waals surface area contributed by atoms with E-state index < -0.39 is 17.9 Å². The summed E-state index contributed by atoms with van der Waals surface area (Å²) in [4.78, 5) is 24.5. The van der Waals surface area contributed by atoms with Crippen LogP contribution in [0.4, 0.5) is 0 Å². The van der Waals surface area contributed by atoms with Gasteiger partial charge < -0.3 is 9.84 Å². The quantitative estimate of drug-likeness (QED) is 0.370. The van der Waals surface area contributed by atoms with Gasteiger partial charge in [0, 0.05) is 5.92 Å². The third-order valence-electron chi connectivity index (χ3n) is 6.43. The zero-order chi connectivity index (χ0) is 22.8. The molecule has 1 N–H and O–H groups in total. The maximum absolute atomic E-state index is 12.7. The molecule has 0 radical (unpaired) electrons. The highest BCUT2D eigenvalue weighted by molar-refractivity contribution is 5.84. The number of benzene rings is 4. The van der Waals surface area contributed by atoms with Crippen molar-refractivity contribution in [1.82, 2.24) is 0 Å². The van der Waals surface area contributed by atoms with Crippen molar-refractivity contribution in [3.8, 4) is 11.1 Å². The molecule has 4 aromatic rings. The van der Waals surface area contributed by atoms with Gasteiger partial charge in [0.05, 0.1) is 12.3 Å². The molecule has 0 aliphatic heterocycles. The summed E-state index contributed by atoms with van der Waals surface area (Å²) in [5.74, 6) is -2.34. The zero-order valence-electron chi connectivity index (χ0n) is 18.1. The Morgan fingerprint density at radius 3 is 2.06 bits per heavy atom. The lowest BCUT2D eigenvalue weighted by molar-refractivity contribution is -0.151. The van der Waals surface area contributed by atoms with Crippen LogP contribution < -0.4 is 0 Å². The Hall–Kier alpha value is -3.92. The predicted molar refractivity (Wildman–Crippen MR) is 128 cm³/mol. The van der Waals surface area contributed by atoms with Gasteiger partial charge in [-0.15, -0.1) is 0 Å². The van der Waals surface area contributed by atoms with Crippen molar-refractivity contribution in [3.05, 3.63) is 108 Å². The molecule has 0 saturated heterocycles. The van der Waals surface area contributed by atoms with E-state index in [0.717, 1.165) is 38.6 Å². The second-order valence-electron chi connectivity index (χ2n) is 8.54. The van der Waals surface area contributed by atoms with Gasteiger partial charge in [-0.1, -0.05) is 91.0 Å². The summed E-state index contributed by atoms with van der Waals surface area (Å²) < 4.78 is 5.63. The zero-order valence-corrected chi connectivity index (χ0v) is 18.1. The fourth-order valence-electron chi connectivity index (χ4n) is 4.77. The predicted octanol–water partition coefficient (Wildman–Crippen LogP) is 5.83. The van der Waals surface area contributed by atoms with E-state index in [1.165, 1.54) is 0 Å². The van der Waals surface area contributed by atoms with Gasteiger partial charge in [-0.25, -0.2) is 0 Å². The molecule has 1 aliphatic carbocycles. The molecule has 4 aromatic carbocycles. The Morgan fingerprint density at radius 2 is 1.39 bits per heavy atom. The number of carboxylic acid groups (broad SMARTS) is 1. The van der Waals surface area contributed by atoms with E-state index in [4.69, 9.17) is 4.74 Å². The number of hydrogen-bond acceptors (Lipinski definition) is 3. The van der Waals surface area contributed by atoms with Crippen molar-refractivity contribution in [3.63, 3.8) is 0 Å². The van der Waals surface area contributed by atoms with Gasteiger partial charge >= 0.3 is 11.9 Å². The molecule has 164 valence electrons. The van der Waals surface area contributed by atoms with E-state index in [2.05, 4.69) is 24.3 Å². The Balaban J connectivity index is 1.27. The highest BCUT2D eigenvalue weighted by Crippen LogP contribution is 2.44. The van der Waals surface area contributed by atoms with Crippen LogP contribution in [0.3, 0.4) is 0 Å². The summed E-state index contributed by atoms with van der Waals surface area (Å²) in [6, 6.07) is 30.1. The Morgan fingerprint density at radius 1 is 0.788 bits per heavy atom. The lowest BCUT2D eigenvalue weighted by Gasteiger charge is -2.16. The molecule has 4 nitrogen and oxygen atoms in total. The molecule has 33 heavy (non-hydrogen) atoms. The fraction of sp³-hybridized carbons (Fsp3) is 0.172. The van der Waals surface area contributed by atoms with Crippen LogP contribution in [0.25, 0.3) is 21.9 Å². The van der Waals surface area contributed by atoms with E-state index in [9.17, 15) is 14.7 Å². The van der Waals surface area contributed by atoms with E-state index in [1.54, 1.807) is 0 Å². The van der Waals surface area contributed by atoms with Crippen molar-refractivity contribution >= 4 is 22.7 Å². The van der Waals surface area contributed by atoms with Gasteiger partial charge in [-0.05, 0) is 45.0 Å². The molecule has 1 atom stereocenters. The molecule has 0 amide bonds. The van der Waals surface area contributed by atoms with Crippen molar-refractivity contribution in [1.29, 1.82) is 0 Å². The van der Waals surface area contributed by atoms with Crippen molar-refractivity contribution in [2.45, 2.75) is 18.8 Å². The average Bonchev–Trinajstić information content (AvgIpc) is 3.16. The maximum atomic E-state index is 12.7. The summed E-state index contributed by atoms with van der Waals surface area (Å²) in [6.45, 7) is 0.204. The van der Waals surface area contributed by atoms with E-state index in [-0.39, 0.29) is 25.4 Å². The Labute approximate surface area is 192 Å². The van der Waals surface area contributed by atoms with Gasteiger partial charge in [0.15, 0.2) is 0 Å². The Bertz CT molecular complexity index is 1290. The minimum Gasteiger partial charge on any atom is -0.481 e. The van der Waals surface area contributed by atoms with Crippen molar-refractivity contribution in [2.75, 3.05) is 6.61 Å². The monoisotopic (exact) mass is 436 g/mol. The van der Waals surface area contributed by atoms with Gasteiger partial charge in [-0.2, -0.15) is 0 Å². The molecular weight excluding hydrogens is 412 g/mol. The van der Waals surface area contributed by atoms with Crippen molar-refractivity contribution < 1.29 is 19.4 Å². The first-order valence-electron chi connectivity index (χ1n) is 11.1. The largest absolute Gasteiger partial charge is 0.481 e. The number of aliphatic carboxylic acids is 1. The molecule has 0 unspecified atom stereocenters. The van der Waals surface area contributed by atoms with Crippen molar-refractivity contribution in [2.24, 2.45) is 5.92 Å². The van der Waals surface area contributed by atoms with Crippen LogP contribution in [0.2, 0.25) is 0 Å². The molecule has 0 heterocycles. The summed E-state index contributed by atoms with van der Waals surface area (Å²) in [7, 11) is 0. The highest BCUT2D eigenvalue weighted by Gasteiger charge is 2.30. The van der Waals surface area contributed by atoms with E-state index in [1.807, 2.05) is 66.7 Å². The smallest absolute Gasteiger partial charge is 0.307 e. The van der Waals surface area contributed by atoms with Crippen LogP contribution in [0.15, 0.2) is 91.0 Å². The van der Waals surface area contributed by atoms with Gasteiger partial charge in [-0.3, -0.25) is 9.59 Å². The Kier molecular flexibility index (Phi) is 5.66. The van der Waals surface area contributed by atoms with Crippen LogP contribution in [0, 0.1) is 5.92 Å². The summed E-state index contributed by atoms with van der Waals surface area (Å²) in [5.41, 5.74) is 5.49. The molecule has 0 spiro atoms. The minimum atomic E-state index is -0.989. The highest BCUT2D eigenvalue weighted by atomic mass is 16.5. The summed E-state index contributed by atoms with van der Waals surface area (Å²) >= 11 is 0. The molecule has 1 aliphatic rings. The average molecular weight is 437 g/mol. The molecule has 0 aromatic heterocycles. The number of carboxylic acids is 1. The number of carbonyl (C=O) groups excluding carboxylic acids is 1. The normalized spacial score (nSPS) is 13.3. The van der Waals surface area contributed by atoms with Crippen LogP contribution >= 0.6 is 0 Å². The van der Waals surface area contributed by atoms with Gasteiger partial charge in [0.1, 0.15) is 6.61 Å². The standard InChI is InChI=1S/C29H24O4/c30-28(17-22(29(31)32)16-19-13-14-20-7-1-2-8-21(20)15-19)33-18-27-25-11-5-3-9-23(25)24-10-4-6-12-26(24)27/h1-15,22,27H,16-18H2,(H,31,32)/t22-/m1/s1. The lowest BCUT2D eigenvalue weighted by atomic mass is 9.94. The van der Waals surface area contributed by atoms with Crippen LogP contribution in [0.5, 0.6) is 0 Å². The number of esters is 1. The molecule has 0 saturated carbocycles. The number of carbonyl (C=O) groups is 2. The minimum absolute atomic E-state index is 0.0369. The molecule has 0 fully saturated rings. The number of fused-ring (bicyclic) bond motifs is 4. The van der Waals surface area contributed by atoms with Crippen LogP contribution in [-0.2, 0) is 20.7 Å². The number of ether oxygens (including phenoxy) is 1. The van der Waals surface area contributed by atoms with E-state index >= 15 is 0 Å². The topological polar surface area (TPSA) is 63.6 Å². The van der Waals surface area contributed by atoms with E-state index in [0.29, 0.717) is 0 Å². The van der Waals surface area contributed by atoms with Gasteiger partial charge in [0.2, 0.25) is 0 Å². The molecule has 0 bridgehead atoms. The number of rotatable bonds is 7. The molecule has 4 heteroatoms. The summed E-state index contributed by atoms with van der Waals surface area (Å²) in [6.07, 6.45) is 0.128. The maximum Gasteiger partial charge on any atom is 0.307 e. The summed E-state index contributed by atoms with van der Waals surface area (Å²) in [5, 5.41) is 11.9.